The van der Waals surface area contributed by atoms with Gasteiger partial charge in [0.1, 0.15) is 5.54 Å². The Balaban J connectivity index is 2.29. The van der Waals surface area contributed by atoms with Gasteiger partial charge in [0.2, 0.25) is 5.91 Å². The van der Waals surface area contributed by atoms with E-state index in [2.05, 4.69) is 5.32 Å². The van der Waals surface area contributed by atoms with Gasteiger partial charge in [-0.25, -0.2) is 4.79 Å². The molecule has 2 aliphatic carbocycles. The van der Waals surface area contributed by atoms with E-state index in [1.54, 1.807) is 0 Å². The van der Waals surface area contributed by atoms with Crippen LogP contribution in [0.5, 0.6) is 0 Å². The molecule has 0 spiro atoms. The number of carboxylic acid groups (broad SMARTS) is 1. The monoisotopic (exact) mass is 195 g/mol. The van der Waals surface area contributed by atoms with Crippen LogP contribution in [0.15, 0.2) is 12.2 Å². The molecular formula is C10H13NO3. The fraction of sp³-hybridized carbons (Fsp3) is 0.600. The summed E-state index contributed by atoms with van der Waals surface area (Å²) in [5.41, 5.74) is -1.04. The van der Waals surface area contributed by atoms with Crippen molar-refractivity contribution < 1.29 is 14.7 Å². The van der Waals surface area contributed by atoms with Gasteiger partial charge in [0, 0.05) is 12.8 Å². The standard InChI is InChI=1S/C10H13NO3/c1-6(12)11-10(9(13)14)5-7-2-3-8(10)4-7/h2-3,7-8H,4-5H2,1H3,(H,11,12)(H,13,14)/t7-,8+,10+/m1/s1. The van der Waals surface area contributed by atoms with Crippen molar-refractivity contribution in [3.8, 4) is 0 Å². The van der Waals surface area contributed by atoms with Crippen LogP contribution in [0.25, 0.3) is 0 Å². The van der Waals surface area contributed by atoms with Gasteiger partial charge in [-0.2, -0.15) is 0 Å². The summed E-state index contributed by atoms with van der Waals surface area (Å²) in [7, 11) is 0. The third-order valence-electron chi connectivity index (χ3n) is 3.17. The molecule has 1 fully saturated rings. The maximum Gasteiger partial charge on any atom is 0.330 e. The van der Waals surface area contributed by atoms with Gasteiger partial charge in [-0.05, 0) is 18.8 Å². The third kappa shape index (κ3) is 1.14. The third-order valence-corrected chi connectivity index (χ3v) is 3.17. The van der Waals surface area contributed by atoms with E-state index in [1.165, 1.54) is 6.92 Å². The number of carboxylic acids is 1. The zero-order chi connectivity index (χ0) is 10.3. The minimum atomic E-state index is -1.04. The summed E-state index contributed by atoms with van der Waals surface area (Å²) in [6, 6.07) is 0. The van der Waals surface area contributed by atoms with Crippen LogP contribution in [-0.2, 0) is 9.59 Å². The Morgan fingerprint density at radius 3 is 2.57 bits per heavy atom. The van der Waals surface area contributed by atoms with Crippen LogP contribution in [-0.4, -0.2) is 22.5 Å². The van der Waals surface area contributed by atoms with Crippen molar-refractivity contribution >= 4 is 11.9 Å². The topological polar surface area (TPSA) is 66.4 Å². The lowest BCUT2D eigenvalue weighted by Crippen LogP contribution is -2.56. The highest BCUT2D eigenvalue weighted by Gasteiger charge is 2.54. The number of aliphatic carboxylic acids is 1. The average molecular weight is 195 g/mol. The van der Waals surface area contributed by atoms with Gasteiger partial charge < -0.3 is 10.4 Å². The quantitative estimate of drug-likeness (QED) is 0.632. The van der Waals surface area contributed by atoms with Crippen LogP contribution in [0.4, 0.5) is 0 Å². The average Bonchev–Trinajstić information content (AvgIpc) is 2.61. The van der Waals surface area contributed by atoms with Crippen molar-refractivity contribution in [2.24, 2.45) is 11.8 Å². The Bertz CT molecular complexity index is 323. The fourth-order valence-corrected chi connectivity index (χ4v) is 2.61. The van der Waals surface area contributed by atoms with E-state index < -0.39 is 11.5 Å². The Kier molecular flexibility index (Phi) is 1.87. The van der Waals surface area contributed by atoms with Crippen molar-refractivity contribution in [3.63, 3.8) is 0 Å². The largest absolute Gasteiger partial charge is 0.479 e. The van der Waals surface area contributed by atoms with Gasteiger partial charge in [-0.1, -0.05) is 12.2 Å². The number of carbonyl (C=O) groups excluding carboxylic acids is 1. The van der Waals surface area contributed by atoms with Gasteiger partial charge in [0.05, 0.1) is 0 Å². The van der Waals surface area contributed by atoms with E-state index in [0.717, 1.165) is 6.42 Å². The number of hydrogen-bond acceptors (Lipinski definition) is 2. The van der Waals surface area contributed by atoms with Crippen molar-refractivity contribution in [2.45, 2.75) is 25.3 Å². The first-order valence-electron chi connectivity index (χ1n) is 4.75. The molecule has 2 rings (SSSR count). The molecule has 2 bridgehead atoms. The van der Waals surface area contributed by atoms with Gasteiger partial charge >= 0.3 is 5.97 Å². The highest BCUT2D eigenvalue weighted by molar-refractivity contribution is 5.87. The van der Waals surface area contributed by atoms with Gasteiger partial charge in [0.25, 0.3) is 0 Å². The van der Waals surface area contributed by atoms with E-state index in [-0.39, 0.29) is 11.8 Å². The molecule has 2 aliphatic rings. The fourth-order valence-electron chi connectivity index (χ4n) is 2.61. The van der Waals surface area contributed by atoms with E-state index in [1.807, 2.05) is 12.2 Å². The number of nitrogens with one attached hydrogen (secondary N) is 1. The number of fused-ring (bicyclic) bond motifs is 2. The lowest BCUT2D eigenvalue weighted by atomic mass is 9.84. The molecule has 0 aromatic carbocycles. The Morgan fingerprint density at radius 2 is 2.21 bits per heavy atom. The van der Waals surface area contributed by atoms with Crippen LogP contribution in [0.3, 0.4) is 0 Å². The number of carbonyl (C=O) groups is 2. The molecule has 2 N–H and O–H groups in total. The Morgan fingerprint density at radius 1 is 1.50 bits per heavy atom. The van der Waals surface area contributed by atoms with Gasteiger partial charge in [0.15, 0.2) is 0 Å². The highest BCUT2D eigenvalue weighted by Crippen LogP contribution is 2.46. The molecule has 0 aromatic rings. The zero-order valence-electron chi connectivity index (χ0n) is 7.99. The minimum absolute atomic E-state index is 0.0334. The lowest BCUT2D eigenvalue weighted by Gasteiger charge is -2.31. The van der Waals surface area contributed by atoms with E-state index in [0.29, 0.717) is 12.3 Å². The first kappa shape index (κ1) is 9.24. The summed E-state index contributed by atoms with van der Waals surface area (Å²) >= 11 is 0. The molecule has 14 heavy (non-hydrogen) atoms. The summed E-state index contributed by atoms with van der Waals surface area (Å²) in [6.07, 6.45) is 5.35. The predicted octanol–water partition coefficient (Wildman–Crippen LogP) is 0.542. The smallest absolute Gasteiger partial charge is 0.330 e. The number of hydrogen-bond donors (Lipinski definition) is 2. The second-order valence-corrected chi connectivity index (χ2v) is 4.15. The molecule has 3 atom stereocenters. The summed E-state index contributed by atoms with van der Waals surface area (Å²) in [6.45, 7) is 1.36. The van der Waals surface area contributed by atoms with Crippen LogP contribution in [0, 0.1) is 11.8 Å². The SMILES string of the molecule is CC(=O)N[C@@]1(C(=O)O)C[C@@H]2C=C[C@H]1C2. The maximum absolute atomic E-state index is 11.2. The van der Waals surface area contributed by atoms with Crippen molar-refractivity contribution in [3.05, 3.63) is 12.2 Å². The molecule has 4 heteroatoms. The molecule has 1 saturated carbocycles. The summed E-state index contributed by atoms with van der Waals surface area (Å²) in [4.78, 5) is 22.2. The molecule has 0 heterocycles. The molecule has 76 valence electrons. The van der Waals surface area contributed by atoms with Gasteiger partial charge in [-0.3, -0.25) is 4.79 Å². The minimum Gasteiger partial charge on any atom is -0.479 e. The molecule has 0 unspecified atom stereocenters. The van der Waals surface area contributed by atoms with Crippen LogP contribution < -0.4 is 5.32 Å². The second-order valence-electron chi connectivity index (χ2n) is 4.15. The molecule has 4 nitrogen and oxygen atoms in total. The zero-order valence-corrected chi connectivity index (χ0v) is 7.99. The number of rotatable bonds is 2. The summed E-state index contributed by atoms with van der Waals surface area (Å²) < 4.78 is 0. The van der Waals surface area contributed by atoms with Crippen LogP contribution in [0.1, 0.15) is 19.8 Å². The van der Waals surface area contributed by atoms with E-state index in [9.17, 15) is 14.7 Å². The van der Waals surface area contributed by atoms with Crippen molar-refractivity contribution in [1.82, 2.24) is 5.32 Å². The van der Waals surface area contributed by atoms with E-state index in [4.69, 9.17) is 0 Å². The second kappa shape index (κ2) is 2.83. The molecular weight excluding hydrogens is 182 g/mol. The summed E-state index contributed by atoms with van der Waals surface area (Å²) in [5, 5.41) is 11.8. The molecule has 1 amide bonds. The number of allylic oxidation sites excluding steroid dienone is 1. The van der Waals surface area contributed by atoms with Crippen molar-refractivity contribution in [1.29, 1.82) is 0 Å². The van der Waals surface area contributed by atoms with Crippen LogP contribution in [0.2, 0.25) is 0 Å². The van der Waals surface area contributed by atoms with Crippen LogP contribution >= 0.6 is 0 Å². The summed E-state index contributed by atoms with van der Waals surface area (Å²) in [5.74, 6) is -0.894. The molecule has 0 aromatic heterocycles. The first-order valence-corrected chi connectivity index (χ1v) is 4.75. The highest BCUT2D eigenvalue weighted by atomic mass is 16.4. The Labute approximate surface area is 82.0 Å². The molecule has 0 radical (unpaired) electrons. The predicted molar refractivity (Wildman–Crippen MR) is 49.5 cm³/mol. The Hall–Kier alpha value is -1.32. The van der Waals surface area contributed by atoms with Gasteiger partial charge in [-0.15, -0.1) is 0 Å². The lowest BCUT2D eigenvalue weighted by molar-refractivity contribution is -0.148. The number of amides is 1. The molecule has 0 saturated heterocycles. The molecule has 0 aliphatic heterocycles. The first-order chi connectivity index (χ1) is 6.54. The maximum atomic E-state index is 11.2. The normalized spacial score (nSPS) is 38.6. The van der Waals surface area contributed by atoms with Crippen molar-refractivity contribution in [2.75, 3.05) is 0 Å². The van der Waals surface area contributed by atoms with E-state index >= 15 is 0 Å².